The smallest absolute Gasteiger partial charge is 0.124 e. The lowest BCUT2D eigenvalue weighted by atomic mass is 9.88. The fourth-order valence-electron chi connectivity index (χ4n) is 2.08. The Kier molecular flexibility index (Phi) is 5.01. The molecule has 1 aromatic rings. The van der Waals surface area contributed by atoms with Crippen LogP contribution in [0, 0.1) is 5.92 Å². The van der Waals surface area contributed by atoms with Gasteiger partial charge in [0.25, 0.3) is 0 Å². The molecule has 0 saturated heterocycles. The van der Waals surface area contributed by atoms with Crippen LogP contribution >= 0.6 is 0 Å². The molecule has 0 heterocycles. The van der Waals surface area contributed by atoms with Crippen molar-refractivity contribution in [3.05, 3.63) is 29.8 Å². The Morgan fingerprint density at radius 1 is 1.29 bits per heavy atom. The van der Waals surface area contributed by atoms with Gasteiger partial charge >= 0.3 is 0 Å². The Balaban J connectivity index is 2.74. The first-order valence-electron chi connectivity index (χ1n) is 6.33. The molecule has 2 nitrogen and oxygen atoms in total. The van der Waals surface area contributed by atoms with E-state index in [-0.39, 0.29) is 0 Å². The normalized spacial score (nSPS) is 14.7. The van der Waals surface area contributed by atoms with Gasteiger partial charge in [0.05, 0.1) is 12.7 Å². The van der Waals surface area contributed by atoms with E-state index in [2.05, 4.69) is 13.8 Å². The van der Waals surface area contributed by atoms with Crippen LogP contribution in [0.5, 0.6) is 5.75 Å². The molecule has 1 atom stereocenters. The van der Waals surface area contributed by atoms with Crippen LogP contribution < -0.4 is 4.74 Å². The van der Waals surface area contributed by atoms with E-state index < -0.39 is 5.60 Å². The maximum absolute atomic E-state index is 10.5. The third kappa shape index (κ3) is 4.04. The summed E-state index contributed by atoms with van der Waals surface area (Å²) in [5, 5.41) is 10.5. The molecular weight excluding hydrogens is 212 g/mol. The first-order valence-corrected chi connectivity index (χ1v) is 6.33. The molecule has 0 fully saturated rings. The SMILES string of the molecule is COc1ccccc1C(C)(O)CCCC(C)C. The number of rotatable bonds is 6. The summed E-state index contributed by atoms with van der Waals surface area (Å²) >= 11 is 0. The molecular formula is C15H24O2. The van der Waals surface area contributed by atoms with E-state index in [0.717, 1.165) is 30.6 Å². The maximum atomic E-state index is 10.5. The van der Waals surface area contributed by atoms with Crippen LogP contribution in [-0.4, -0.2) is 12.2 Å². The highest BCUT2D eigenvalue weighted by molar-refractivity contribution is 5.37. The number of aliphatic hydroxyl groups is 1. The Bertz CT molecular complexity index is 343. The number of methoxy groups -OCH3 is 1. The monoisotopic (exact) mass is 236 g/mol. The maximum Gasteiger partial charge on any atom is 0.124 e. The van der Waals surface area contributed by atoms with Crippen molar-refractivity contribution in [1.29, 1.82) is 0 Å². The molecule has 96 valence electrons. The van der Waals surface area contributed by atoms with E-state index in [9.17, 15) is 5.11 Å². The number of hydrogen-bond acceptors (Lipinski definition) is 2. The van der Waals surface area contributed by atoms with Gasteiger partial charge < -0.3 is 9.84 Å². The van der Waals surface area contributed by atoms with Gasteiger partial charge in [0, 0.05) is 5.56 Å². The second-order valence-electron chi connectivity index (χ2n) is 5.26. The van der Waals surface area contributed by atoms with Gasteiger partial charge in [0.15, 0.2) is 0 Å². The van der Waals surface area contributed by atoms with E-state index >= 15 is 0 Å². The van der Waals surface area contributed by atoms with Gasteiger partial charge in [-0.05, 0) is 31.7 Å². The van der Waals surface area contributed by atoms with Gasteiger partial charge in [-0.25, -0.2) is 0 Å². The lowest BCUT2D eigenvalue weighted by Crippen LogP contribution is -2.22. The van der Waals surface area contributed by atoms with Crippen molar-refractivity contribution in [2.24, 2.45) is 5.92 Å². The van der Waals surface area contributed by atoms with Gasteiger partial charge in [0.1, 0.15) is 5.75 Å². The van der Waals surface area contributed by atoms with E-state index in [1.807, 2.05) is 31.2 Å². The molecule has 0 bridgehead atoms. The Morgan fingerprint density at radius 3 is 2.53 bits per heavy atom. The molecule has 0 aliphatic rings. The highest BCUT2D eigenvalue weighted by Crippen LogP contribution is 2.33. The lowest BCUT2D eigenvalue weighted by Gasteiger charge is -2.26. The van der Waals surface area contributed by atoms with Crippen LogP contribution in [-0.2, 0) is 5.60 Å². The van der Waals surface area contributed by atoms with Crippen LogP contribution in [0.15, 0.2) is 24.3 Å². The fourth-order valence-corrected chi connectivity index (χ4v) is 2.08. The summed E-state index contributed by atoms with van der Waals surface area (Å²) in [6.07, 6.45) is 2.94. The predicted molar refractivity (Wildman–Crippen MR) is 71.3 cm³/mol. The fraction of sp³-hybridized carbons (Fsp3) is 0.600. The molecule has 1 aromatic carbocycles. The second-order valence-corrected chi connectivity index (χ2v) is 5.26. The molecule has 0 saturated carbocycles. The number of hydrogen-bond donors (Lipinski definition) is 1. The summed E-state index contributed by atoms with van der Waals surface area (Å²) in [7, 11) is 1.64. The molecule has 17 heavy (non-hydrogen) atoms. The van der Waals surface area contributed by atoms with Gasteiger partial charge in [-0.1, -0.05) is 38.5 Å². The van der Waals surface area contributed by atoms with E-state index in [1.165, 1.54) is 0 Å². The third-order valence-electron chi connectivity index (χ3n) is 3.13. The molecule has 0 aromatic heterocycles. The van der Waals surface area contributed by atoms with Gasteiger partial charge in [-0.15, -0.1) is 0 Å². The number of para-hydroxylation sites is 1. The number of benzene rings is 1. The molecule has 0 aliphatic carbocycles. The zero-order valence-electron chi connectivity index (χ0n) is 11.4. The van der Waals surface area contributed by atoms with E-state index in [4.69, 9.17) is 4.74 Å². The molecule has 1 unspecified atom stereocenters. The first kappa shape index (κ1) is 14.0. The van der Waals surface area contributed by atoms with Gasteiger partial charge in [-0.2, -0.15) is 0 Å². The zero-order chi connectivity index (χ0) is 12.9. The van der Waals surface area contributed by atoms with Crippen molar-refractivity contribution >= 4 is 0 Å². The number of ether oxygens (including phenoxy) is 1. The van der Waals surface area contributed by atoms with Crippen molar-refractivity contribution in [2.45, 2.75) is 45.6 Å². The zero-order valence-corrected chi connectivity index (χ0v) is 11.4. The van der Waals surface area contributed by atoms with Crippen molar-refractivity contribution < 1.29 is 9.84 Å². The van der Waals surface area contributed by atoms with Crippen molar-refractivity contribution in [1.82, 2.24) is 0 Å². The average Bonchev–Trinajstić information content (AvgIpc) is 2.28. The average molecular weight is 236 g/mol. The highest BCUT2D eigenvalue weighted by Gasteiger charge is 2.25. The van der Waals surface area contributed by atoms with Crippen molar-refractivity contribution in [3.63, 3.8) is 0 Å². The summed E-state index contributed by atoms with van der Waals surface area (Å²) in [6.45, 7) is 6.28. The Labute approximate surface area is 105 Å². The molecule has 1 N–H and O–H groups in total. The van der Waals surface area contributed by atoms with E-state index in [1.54, 1.807) is 7.11 Å². The van der Waals surface area contributed by atoms with Crippen molar-refractivity contribution in [3.8, 4) is 5.75 Å². The van der Waals surface area contributed by atoms with Crippen LogP contribution in [0.25, 0.3) is 0 Å². The summed E-state index contributed by atoms with van der Waals surface area (Å²) < 4.78 is 5.30. The molecule has 0 spiro atoms. The second kappa shape index (κ2) is 6.06. The lowest BCUT2D eigenvalue weighted by molar-refractivity contribution is 0.0416. The standard InChI is InChI=1S/C15H24O2/c1-12(2)8-7-11-15(3,16)13-9-5-6-10-14(13)17-4/h5-6,9-10,12,16H,7-8,11H2,1-4H3. The predicted octanol–water partition coefficient (Wildman–Crippen LogP) is 3.73. The minimum Gasteiger partial charge on any atom is -0.496 e. The minimum atomic E-state index is -0.804. The van der Waals surface area contributed by atoms with Crippen molar-refractivity contribution in [2.75, 3.05) is 7.11 Å². The molecule has 0 aliphatic heterocycles. The third-order valence-corrected chi connectivity index (χ3v) is 3.13. The Morgan fingerprint density at radius 2 is 1.94 bits per heavy atom. The van der Waals surface area contributed by atoms with Crippen LogP contribution in [0.3, 0.4) is 0 Å². The topological polar surface area (TPSA) is 29.5 Å². The molecule has 0 radical (unpaired) electrons. The van der Waals surface area contributed by atoms with Gasteiger partial charge in [0.2, 0.25) is 0 Å². The molecule has 2 heteroatoms. The summed E-state index contributed by atoms with van der Waals surface area (Å²) in [6, 6.07) is 7.70. The molecule has 0 amide bonds. The van der Waals surface area contributed by atoms with E-state index in [0.29, 0.717) is 5.92 Å². The van der Waals surface area contributed by atoms with Crippen LogP contribution in [0.1, 0.15) is 45.6 Å². The highest BCUT2D eigenvalue weighted by atomic mass is 16.5. The summed E-state index contributed by atoms with van der Waals surface area (Å²) in [5.74, 6) is 1.45. The molecule has 1 rings (SSSR count). The quantitative estimate of drug-likeness (QED) is 0.815. The van der Waals surface area contributed by atoms with Gasteiger partial charge in [-0.3, -0.25) is 0 Å². The summed E-state index contributed by atoms with van der Waals surface area (Å²) in [4.78, 5) is 0. The van der Waals surface area contributed by atoms with Crippen LogP contribution in [0.4, 0.5) is 0 Å². The Hall–Kier alpha value is -1.02. The summed E-state index contributed by atoms with van der Waals surface area (Å²) in [5.41, 5.74) is 0.0767. The first-order chi connectivity index (χ1) is 7.97. The largest absolute Gasteiger partial charge is 0.496 e. The van der Waals surface area contributed by atoms with Crippen LogP contribution in [0.2, 0.25) is 0 Å². The minimum absolute atomic E-state index is 0.684.